The van der Waals surface area contributed by atoms with E-state index in [1.165, 1.54) is 5.56 Å². The summed E-state index contributed by atoms with van der Waals surface area (Å²) in [6, 6.07) is 16.6. The Kier molecular flexibility index (Phi) is 5.38. The van der Waals surface area contributed by atoms with Gasteiger partial charge < -0.3 is 15.0 Å². The van der Waals surface area contributed by atoms with E-state index in [1.54, 1.807) is 6.20 Å². The number of hydrogen-bond acceptors (Lipinski definition) is 5. The minimum absolute atomic E-state index is 0.0768. The smallest absolute Gasteiger partial charge is 0.254 e. The SMILES string of the molecule is Cc1cccc(CN2Cc3ccc(-c4ccnc(NC5CCOCC5)n4)cc3C2=O)c1. The van der Waals surface area contributed by atoms with Gasteiger partial charge in [-0.05, 0) is 43.0 Å². The number of ether oxygens (including phenoxy) is 1. The quantitative estimate of drug-likeness (QED) is 0.678. The predicted octanol–water partition coefficient (Wildman–Crippen LogP) is 4.20. The number of carbonyl (C=O) groups excluding carboxylic acids is 1. The van der Waals surface area contributed by atoms with Crippen LogP contribution in [-0.4, -0.2) is 40.0 Å². The number of aryl methyl sites for hydroxylation is 1. The summed E-state index contributed by atoms with van der Waals surface area (Å²) in [6.07, 6.45) is 3.68. The summed E-state index contributed by atoms with van der Waals surface area (Å²) < 4.78 is 5.42. The molecule has 1 saturated heterocycles. The van der Waals surface area contributed by atoms with Crippen molar-refractivity contribution in [3.8, 4) is 11.3 Å². The first-order valence-electron chi connectivity index (χ1n) is 10.8. The van der Waals surface area contributed by atoms with Gasteiger partial charge >= 0.3 is 0 Å². The highest BCUT2D eigenvalue weighted by atomic mass is 16.5. The largest absolute Gasteiger partial charge is 0.381 e. The molecule has 0 radical (unpaired) electrons. The van der Waals surface area contributed by atoms with Gasteiger partial charge in [-0.1, -0.05) is 42.0 Å². The number of carbonyl (C=O) groups is 1. The molecule has 1 fully saturated rings. The second-order valence-electron chi connectivity index (χ2n) is 8.32. The van der Waals surface area contributed by atoms with Gasteiger partial charge in [-0.2, -0.15) is 0 Å². The molecule has 2 aliphatic heterocycles. The van der Waals surface area contributed by atoms with E-state index in [0.29, 0.717) is 25.1 Å². The normalized spacial score (nSPS) is 16.4. The highest BCUT2D eigenvalue weighted by Crippen LogP contribution is 2.29. The van der Waals surface area contributed by atoms with E-state index in [1.807, 2.05) is 35.2 Å². The highest BCUT2D eigenvalue weighted by Gasteiger charge is 2.28. The maximum Gasteiger partial charge on any atom is 0.254 e. The number of aromatic nitrogens is 2. The summed E-state index contributed by atoms with van der Waals surface area (Å²) >= 11 is 0. The minimum Gasteiger partial charge on any atom is -0.381 e. The van der Waals surface area contributed by atoms with Crippen molar-refractivity contribution >= 4 is 11.9 Å². The number of benzene rings is 2. The Morgan fingerprint density at radius 1 is 1.13 bits per heavy atom. The van der Waals surface area contributed by atoms with E-state index < -0.39 is 0 Å². The minimum atomic E-state index is 0.0768. The van der Waals surface area contributed by atoms with Gasteiger partial charge in [0.2, 0.25) is 5.95 Å². The number of nitrogens with zero attached hydrogens (tertiary/aromatic N) is 3. The Morgan fingerprint density at radius 3 is 2.84 bits per heavy atom. The Balaban J connectivity index is 1.34. The zero-order valence-corrected chi connectivity index (χ0v) is 17.7. The van der Waals surface area contributed by atoms with Crippen molar-refractivity contribution in [3.05, 3.63) is 77.0 Å². The van der Waals surface area contributed by atoms with Crippen LogP contribution in [0.1, 0.15) is 39.9 Å². The first-order chi connectivity index (χ1) is 15.2. The summed E-state index contributed by atoms with van der Waals surface area (Å²) in [7, 11) is 0. The Bertz CT molecular complexity index is 1110. The average molecular weight is 415 g/mol. The number of fused-ring (bicyclic) bond motifs is 1. The number of hydrogen-bond donors (Lipinski definition) is 1. The van der Waals surface area contributed by atoms with Gasteiger partial charge in [-0.3, -0.25) is 4.79 Å². The third kappa shape index (κ3) is 4.30. The molecular formula is C25H26N4O2. The molecule has 158 valence electrons. The second-order valence-corrected chi connectivity index (χ2v) is 8.32. The predicted molar refractivity (Wildman–Crippen MR) is 120 cm³/mol. The second kappa shape index (κ2) is 8.47. The highest BCUT2D eigenvalue weighted by molar-refractivity contribution is 5.99. The summed E-state index contributed by atoms with van der Waals surface area (Å²) in [4.78, 5) is 24.0. The maximum atomic E-state index is 13.1. The first-order valence-corrected chi connectivity index (χ1v) is 10.8. The van der Waals surface area contributed by atoms with Crippen LogP contribution in [0.5, 0.6) is 0 Å². The number of amides is 1. The van der Waals surface area contributed by atoms with Crippen molar-refractivity contribution in [1.82, 2.24) is 14.9 Å². The van der Waals surface area contributed by atoms with Crippen molar-refractivity contribution in [1.29, 1.82) is 0 Å². The van der Waals surface area contributed by atoms with Crippen molar-refractivity contribution in [2.75, 3.05) is 18.5 Å². The number of nitrogens with one attached hydrogen (secondary N) is 1. The molecule has 2 aromatic carbocycles. The van der Waals surface area contributed by atoms with Gasteiger partial charge in [0.15, 0.2) is 0 Å². The van der Waals surface area contributed by atoms with Crippen LogP contribution in [0.3, 0.4) is 0 Å². The molecule has 0 atom stereocenters. The molecule has 0 saturated carbocycles. The van der Waals surface area contributed by atoms with Crippen LogP contribution in [0, 0.1) is 6.92 Å². The molecule has 2 aliphatic rings. The lowest BCUT2D eigenvalue weighted by Gasteiger charge is -2.23. The lowest BCUT2D eigenvalue weighted by molar-refractivity contribution is 0.0766. The average Bonchev–Trinajstić information content (AvgIpc) is 3.09. The molecule has 5 rings (SSSR count). The molecule has 31 heavy (non-hydrogen) atoms. The molecule has 1 N–H and O–H groups in total. The molecule has 0 unspecified atom stereocenters. The van der Waals surface area contributed by atoms with Gasteiger partial charge in [0.25, 0.3) is 5.91 Å². The molecule has 3 heterocycles. The molecule has 0 spiro atoms. The van der Waals surface area contributed by atoms with Crippen LogP contribution >= 0.6 is 0 Å². The standard InChI is InChI=1S/C25H26N4O2/c1-17-3-2-4-18(13-17)15-29-16-20-6-5-19(14-22(20)24(29)30)23-7-10-26-25(28-23)27-21-8-11-31-12-9-21/h2-7,10,13-14,21H,8-9,11-12,15-16H2,1H3,(H,26,27,28). The van der Waals surface area contributed by atoms with Crippen LogP contribution in [-0.2, 0) is 17.8 Å². The Morgan fingerprint density at radius 2 is 2.00 bits per heavy atom. The van der Waals surface area contributed by atoms with Gasteiger partial charge in [0, 0.05) is 49.7 Å². The summed E-state index contributed by atoms with van der Waals surface area (Å²) in [6.45, 7) is 4.87. The monoisotopic (exact) mass is 414 g/mol. The van der Waals surface area contributed by atoms with Crippen molar-refractivity contribution in [2.24, 2.45) is 0 Å². The molecule has 6 nitrogen and oxygen atoms in total. The zero-order chi connectivity index (χ0) is 21.2. The van der Waals surface area contributed by atoms with Crippen LogP contribution in [0.15, 0.2) is 54.7 Å². The van der Waals surface area contributed by atoms with E-state index in [9.17, 15) is 4.79 Å². The lowest BCUT2D eigenvalue weighted by atomic mass is 10.0. The van der Waals surface area contributed by atoms with E-state index in [-0.39, 0.29) is 5.91 Å². The van der Waals surface area contributed by atoms with E-state index in [0.717, 1.165) is 54.0 Å². The summed E-state index contributed by atoms with van der Waals surface area (Å²) in [5, 5.41) is 3.41. The number of rotatable bonds is 5. The zero-order valence-electron chi connectivity index (χ0n) is 17.7. The fraction of sp³-hybridized carbons (Fsp3) is 0.320. The van der Waals surface area contributed by atoms with Gasteiger partial charge in [0.05, 0.1) is 5.69 Å². The third-order valence-electron chi connectivity index (χ3n) is 5.95. The molecule has 1 amide bonds. The molecule has 0 bridgehead atoms. The summed E-state index contributed by atoms with van der Waals surface area (Å²) in [5.74, 6) is 0.699. The topological polar surface area (TPSA) is 67.3 Å². The van der Waals surface area contributed by atoms with Crippen molar-refractivity contribution in [3.63, 3.8) is 0 Å². The van der Waals surface area contributed by atoms with Crippen molar-refractivity contribution < 1.29 is 9.53 Å². The van der Waals surface area contributed by atoms with Gasteiger partial charge in [-0.15, -0.1) is 0 Å². The molecule has 1 aromatic heterocycles. The molecule has 6 heteroatoms. The summed E-state index contributed by atoms with van der Waals surface area (Å²) in [5.41, 5.74) is 5.94. The number of anilines is 1. The van der Waals surface area contributed by atoms with Crippen molar-refractivity contribution in [2.45, 2.75) is 38.9 Å². The van der Waals surface area contributed by atoms with Crippen LogP contribution in [0.25, 0.3) is 11.3 Å². The maximum absolute atomic E-state index is 13.1. The fourth-order valence-corrected chi connectivity index (χ4v) is 4.29. The van der Waals surface area contributed by atoms with E-state index in [2.05, 4.69) is 35.4 Å². The molecule has 0 aliphatic carbocycles. The molecular weight excluding hydrogens is 388 g/mol. The first kappa shape index (κ1) is 19.7. The van der Waals surface area contributed by atoms with Crippen LogP contribution in [0.4, 0.5) is 5.95 Å². The Hall–Kier alpha value is -3.25. The fourth-order valence-electron chi connectivity index (χ4n) is 4.29. The van der Waals surface area contributed by atoms with Crippen LogP contribution < -0.4 is 5.32 Å². The van der Waals surface area contributed by atoms with Gasteiger partial charge in [0.1, 0.15) is 0 Å². The third-order valence-corrected chi connectivity index (χ3v) is 5.95. The van der Waals surface area contributed by atoms with Crippen LogP contribution in [0.2, 0.25) is 0 Å². The Labute approximate surface area is 182 Å². The van der Waals surface area contributed by atoms with E-state index in [4.69, 9.17) is 9.72 Å². The lowest BCUT2D eigenvalue weighted by Crippen LogP contribution is -2.28. The van der Waals surface area contributed by atoms with Gasteiger partial charge in [-0.25, -0.2) is 9.97 Å². The molecule has 3 aromatic rings. The van der Waals surface area contributed by atoms with E-state index >= 15 is 0 Å².